The Bertz CT molecular complexity index is 605. The van der Waals surface area contributed by atoms with Crippen LogP contribution < -0.4 is 11.0 Å². The van der Waals surface area contributed by atoms with Gasteiger partial charge in [0.1, 0.15) is 30.7 Å². The number of esters is 1. The van der Waals surface area contributed by atoms with Crippen molar-refractivity contribution < 1.29 is 29.6 Å². The molecular formula is C13H19N3O7. The van der Waals surface area contributed by atoms with E-state index < -0.39 is 42.8 Å². The number of ether oxygens (including phenoxy) is 2. The van der Waals surface area contributed by atoms with E-state index in [0.29, 0.717) is 0 Å². The summed E-state index contributed by atoms with van der Waals surface area (Å²) in [7, 11) is 0. The van der Waals surface area contributed by atoms with Crippen molar-refractivity contribution >= 4 is 11.8 Å². The highest BCUT2D eigenvalue weighted by Gasteiger charge is 2.43. The van der Waals surface area contributed by atoms with E-state index in [2.05, 4.69) is 10.3 Å². The summed E-state index contributed by atoms with van der Waals surface area (Å²) in [5, 5.41) is 31.3. The molecule has 10 heteroatoms. The van der Waals surface area contributed by atoms with Gasteiger partial charge in [0.25, 0.3) is 0 Å². The highest BCUT2D eigenvalue weighted by Crippen LogP contribution is 2.28. The van der Waals surface area contributed by atoms with Gasteiger partial charge in [0, 0.05) is 6.20 Å². The zero-order valence-electron chi connectivity index (χ0n) is 12.5. The second-order valence-electron chi connectivity index (χ2n) is 4.89. The van der Waals surface area contributed by atoms with E-state index in [1.165, 1.54) is 12.3 Å². The fraction of sp³-hybridized carbons (Fsp3) is 0.615. The average molecular weight is 329 g/mol. The summed E-state index contributed by atoms with van der Waals surface area (Å²) in [5.74, 6) is -0.326. The summed E-state index contributed by atoms with van der Waals surface area (Å²) >= 11 is 0. The molecule has 1 aromatic rings. The van der Waals surface area contributed by atoms with Crippen LogP contribution in [0.1, 0.15) is 13.2 Å². The molecule has 4 N–H and O–H groups in total. The molecule has 0 aromatic carbocycles. The van der Waals surface area contributed by atoms with Gasteiger partial charge in [0.05, 0.1) is 13.2 Å². The quantitative estimate of drug-likeness (QED) is 0.429. The van der Waals surface area contributed by atoms with Crippen LogP contribution in [0.25, 0.3) is 0 Å². The molecule has 1 saturated heterocycles. The number of nitrogens with one attached hydrogen (secondary N) is 1. The van der Waals surface area contributed by atoms with Crippen LogP contribution in [0.2, 0.25) is 0 Å². The molecule has 10 nitrogen and oxygen atoms in total. The minimum atomic E-state index is -1.37. The smallest absolute Gasteiger partial charge is 0.351 e. The van der Waals surface area contributed by atoms with E-state index in [1.807, 2.05) is 0 Å². The summed E-state index contributed by atoms with van der Waals surface area (Å²) in [6.07, 6.45) is -3.50. The van der Waals surface area contributed by atoms with Crippen LogP contribution in [0.3, 0.4) is 0 Å². The summed E-state index contributed by atoms with van der Waals surface area (Å²) in [6, 6.07) is 1.41. The van der Waals surface area contributed by atoms with Gasteiger partial charge in [-0.1, -0.05) is 0 Å². The SMILES string of the molecule is CCOC(=O)CNc1ccn([C@@H]2O[C@H](CO)[C@@H](O)[C@H]2O)c(=O)n1. The lowest BCUT2D eigenvalue weighted by atomic mass is 10.1. The first-order valence-electron chi connectivity index (χ1n) is 7.09. The van der Waals surface area contributed by atoms with E-state index in [4.69, 9.17) is 14.6 Å². The van der Waals surface area contributed by atoms with Crippen LogP contribution in [0, 0.1) is 0 Å². The molecule has 0 amide bonds. The zero-order valence-corrected chi connectivity index (χ0v) is 12.5. The zero-order chi connectivity index (χ0) is 17.0. The van der Waals surface area contributed by atoms with Crippen molar-refractivity contribution in [3.63, 3.8) is 0 Å². The van der Waals surface area contributed by atoms with Crippen LogP contribution in [-0.4, -0.2) is 68.9 Å². The van der Waals surface area contributed by atoms with Crippen LogP contribution in [0.5, 0.6) is 0 Å². The minimum absolute atomic E-state index is 0.141. The summed E-state index contributed by atoms with van der Waals surface area (Å²) < 4.78 is 11.0. The molecule has 1 aromatic heterocycles. The lowest BCUT2D eigenvalue weighted by Crippen LogP contribution is -2.36. The number of aliphatic hydroxyl groups is 3. The molecule has 0 aliphatic carbocycles. The van der Waals surface area contributed by atoms with E-state index in [9.17, 15) is 19.8 Å². The Morgan fingerprint density at radius 1 is 1.48 bits per heavy atom. The van der Waals surface area contributed by atoms with Gasteiger partial charge in [-0.2, -0.15) is 4.98 Å². The Hall–Kier alpha value is -2.01. The maximum absolute atomic E-state index is 12.0. The maximum atomic E-state index is 12.0. The molecule has 2 heterocycles. The Kier molecular flexibility index (Phi) is 5.66. The van der Waals surface area contributed by atoms with E-state index in [1.54, 1.807) is 6.92 Å². The van der Waals surface area contributed by atoms with Crippen molar-refractivity contribution in [1.82, 2.24) is 9.55 Å². The van der Waals surface area contributed by atoms with E-state index >= 15 is 0 Å². The summed E-state index contributed by atoms with van der Waals surface area (Å²) in [4.78, 5) is 26.9. The molecule has 1 aliphatic heterocycles. The van der Waals surface area contributed by atoms with Gasteiger partial charge in [-0.3, -0.25) is 9.36 Å². The fourth-order valence-electron chi connectivity index (χ4n) is 2.19. The molecule has 23 heavy (non-hydrogen) atoms. The highest BCUT2D eigenvalue weighted by atomic mass is 16.6. The molecule has 4 atom stereocenters. The monoisotopic (exact) mass is 329 g/mol. The third-order valence-corrected chi connectivity index (χ3v) is 3.34. The Morgan fingerprint density at radius 2 is 2.22 bits per heavy atom. The van der Waals surface area contributed by atoms with Gasteiger partial charge in [-0.25, -0.2) is 4.79 Å². The number of carbonyl (C=O) groups is 1. The standard InChI is InChI=1S/C13H19N3O7/c1-2-22-9(18)5-14-8-3-4-16(13(21)15-8)12-11(20)10(19)7(6-17)23-12/h3-4,7,10-12,17,19-20H,2,5-6H2,1H3,(H,14,15,21)/t7-,10-,11-,12-/m1/s1. The van der Waals surface area contributed by atoms with Crippen LogP contribution in [-0.2, 0) is 14.3 Å². The van der Waals surface area contributed by atoms with Gasteiger partial charge in [-0.05, 0) is 13.0 Å². The first kappa shape index (κ1) is 17.3. The average Bonchev–Trinajstić information content (AvgIpc) is 2.81. The molecular weight excluding hydrogens is 310 g/mol. The van der Waals surface area contributed by atoms with Crippen LogP contribution >= 0.6 is 0 Å². The number of rotatable bonds is 6. The Balaban J connectivity index is 2.08. The van der Waals surface area contributed by atoms with Crippen molar-refractivity contribution in [3.8, 4) is 0 Å². The highest BCUT2D eigenvalue weighted by molar-refractivity contribution is 5.74. The lowest BCUT2D eigenvalue weighted by Gasteiger charge is -2.17. The van der Waals surface area contributed by atoms with Crippen molar-refractivity contribution in [2.24, 2.45) is 0 Å². The predicted octanol–water partition coefficient (Wildman–Crippen LogP) is -2.17. The molecule has 2 rings (SSSR count). The minimum Gasteiger partial charge on any atom is -0.465 e. The molecule has 0 bridgehead atoms. The number of aliphatic hydroxyl groups excluding tert-OH is 3. The van der Waals surface area contributed by atoms with E-state index in [-0.39, 0.29) is 19.0 Å². The first-order chi connectivity index (χ1) is 11.0. The van der Waals surface area contributed by atoms with Crippen molar-refractivity contribution in [3.05, 3.63) is 22.7 Å². The van der Waals surface area contributed by atoms with Gasteiger partial charge in [0.15, 0.2) is 6.23 Å². The molecule has 0 spiro atoms. The van der Waals surface area contributed by atoms with Gasteiger partial charge in [-0.15, -0.1) is 0 Å². The Morgan fingerprint density at radius 3 is 2.78 bits per heavy atom. The normalized spacial score (nSPS) is 27.0. The fourth-order valence-corrected chi connectivity index (χ4v) is 2.19. The van der Waals surface area contributed by atoms with Crippen LogP contribution in [0.4, 0.5) is 5.82 Å². The number of hydrogen-bond acceptors (Lipinski definition) is 9. The van der Waals surface area contributed by atoms with E-state index in [0.717, 1.165) is 4.57 Å². The second kappa shape index (κ2) is 7.51. The molecule has 0 unspecified atom stereocenters. The number of anilines is 1. The molecule has 0 radical (unpaired) electrons. The summed E-state index contributed by atoms with van der Waals surface area (Å²) in [6.45, 7) is 1.30. The number of nitrogens with zero attached hydrogens (tertiary/aromatic N) is 2. The largest absolute Gasteiger partial charge is 0.465 e. The third-order valence-electron chi connectivity index (χ3n) is 3.34. The van der Waals surface area contributed by atoms with Crippen molar-refractivity contribution in [2.75, 3.05) is 25.1 Å². The van der Waals surface area contributed by atoms with Crippen LogP contribution in [0.15, 0.2) is 17.1 Å². The predicted molar refractivity (Wildman–Crippen MR) is 76.6 cm³/mol. The van der Waals surface area contributed by atoms with Gasteiger partial charge in [0.2, 0.25) is 0 Å². The third kappa shape index (κ3) is 3.85. The maximum Gasteiger partial charge on any atom is 0.351 e. The lowest BCUT2D eigenvalue weighted by molar-refractivity contribution is -0.140. The Labute approximate surface area is 131 Å². The van der Waals surface area contributed by atoms with Gasteiger partial charge < -0.3 is 30.1 Å². The first-order valence-corrected chi connectivity index (χ1v) is 7.09. The number of aromatic nitrogens is 2. The molecule has 1 aliphatic rings. The molecule has 128 valence electrons. The topological polar surface area (TPSA) is 143 Å². The molecule has 0 saturated carbocycles. The second-order valence-corrected chi connectivity index (χ2v) is 4.89. The van der Waals surface area contributed by atoms with Crippen molar-refractivity contribution in [2.45, 2.75) is 31.5 Å². The van der Waals surface area contributed by atoms with Gasteiger partial charge >= 0.3 is 11.7 Å². The van der Waals surface area contributed by atoms with Crippen molar-refractivity contribution in [1.29, 1.82) is 0 Å². The summed E-state index contributed by atoms with van der Waals surface area (Å²) in [5.41, 5.74) is -0.742. The molecule has 1 fully saturated rings. The number of hydrogen-bond donors (Lipinski definition) is 4. The number of carbonyl (C=O) groups excluding carboxylic acids is 1.